The molecule has 0 amide bonds. The number of aliphatic carboxylic acids is 1. The molecule has 0 aromatic carbocycles. The van der Waals surface area contributed by atoms with E-state index in [-0.39, 0.29) is 25.8 Å². The third-order valence-corrected chi connectivity index (χ3v) is 4.87. The van der Waals surface area contributed by atoms with Gasteiger partial charge in [-0.15, -0.1) is 0 Å². The molecular formula is C19H34N4O7. The Morgan fingerprint density at radius 2 is 1.17 bits per heavy atom. The number of rotatable bonds is 12. The van der Waals surface area contributed by atoms with Crippen LogP contribution < -0.4 is 0 Å². The highest BCUT2D eigenvalue weighted by Gasteiger charge is 2.19. The molecule has 1 rings (SSSR count). The molecule has 0 atom stereocenters. The predicted octanol–water partition coefficient (Wildman–Crippen LogP) is -1.08. The number of carboxylic acid groups (broad SMARTS) is 1. The van der Waals surface area contributed by atoms with Gasteiger partial charge in [-0.25, -0.2) is 0 Å². The minimum absolute atomic E-state index is 0.0988. The summed E-state index contributed by atoms with van der Waals surface area (Å²) in [5.74, 6) is -0.758. The molecule has 0 spiro atoms. The number of carbonyl (C=O) groups excluding carboxylic acids is 3. The fourth-order valence-corrected chi connectivity index (χ4v) is 3.22. The molecule has 11 nitrogen and oxygen atoms in total. The van der Waals surface area contributed by atoms with E-state index in [1.165, 1.54) is 0 Å². The van der Waals surface area contributed by atoms with Crippen LogP contribution in [0.1, 0.15) is 19.8 Å². The molecule has 0 radical (unpaired) electrons. The van der Waals surface area contributed by atoms with Gasteiger partial charge in [-0.3, -0.25) is 38.8 Å². The fourth-order valence-electron chi connectivity index (χ4n) is 3.22. The molecule has 11 heteroatoms. The highest BCUT2D eigenvalue weighted by Crippen LogP contribution is 2.02. The van der Waals surface area contributed by atoms with E-state index in [0.29, 0.717) is 78.3 Å². The van der Waals surface area contributed by atoms with Gasteiger partial charge in [0.2, 0.25) is 0 Å². The largest absolute Gasteiger partial charge is 0.480 e. The Kier molecular flexibility index (Phi) is 13.6. The Bertz CT molecular complexity index is 535. The van der Waals surface area contributed by atoms with Crippen molar-refractivity contribution in [2.75, 3.05) is 78.9 Å². The summed E-state index contributed by atoms with van der Waals surface area (Å²) in [7, 11) is 0. The van der Waals surface area contributed by atoms with Crippen molar-refractivity contribution >= 4 is 24.7 Å². The molecule has 1 aliphatic heterocycles. The van der Waals surface area contributed by atoms with Crippen LogP contribution in [0.3, 0.4) is 0 Å². The SMILES string of the molecule is CCCC(=O)CN1CCN(COC=O)CCN(COC=O)CCN(CC(=O)O)CC1. The summed E-state index contributed by atoms with van der Waals surface area (Å²) in [5.41, 5.74) is 0. The van der Waals surface area contributed by atoms with Crippen molar-refractivity contribution in [2.45, 2.75) is 19.8 Å². The summed E-state index contributed by atoms with van der Waals surface area (Å²) in [5, 5.41) is 9.22. The third kappa shape index (κ3) is 11.8. The molecule has 172 valence electrons. The van der Waals surface area contributed by atoms with Crippen molar-refractivity contribution < 1.29 is 33.8 Å². The lowest BCUT2D eigenvalue weighted by atomic mass is 10.2. The number of Topliss-reactive ketones (excluding diaryl/α,β-unsaturated/α-hetero) is 1. The van der Waals surface area contributed by atoms with Gasteiger partial charge in [-0.05, 0) is 6.42 Å². The van der Waals surface area contributed by atoms with Crippen LogP contribution in [0.2, 0.25) is 0 Å². The Morgan fingerprint density at radius 3 is 1.53 bits per heavy atom. The van der Waals surface area contributed by atoms with Crippen molar-refractivity contribution in [1.29, 1.82) is 0 Å². The van der Waals surface area contributed by atoms with Crippen LogP contribution in [0.5, 0.6) is 0 Å². The number of ketones is 1. The maximum absolute atomic E-state index is 12.2. The van der Waals surface area contributed by atoms with Crippen molar-refractivity contribution in [3.63, 3.8) is 0 Å². The molecule has 0 aromatic rings. The second kappa shape index (κ2) is 15.7. The van der Waals surface area contributed by atoms with Crippen LogP contribution in [0, 0.1) is 0 Å². The van der Waals surface area contributed by atoms with E-state index in [0.717, 1.165) is 6.42 Å². The van der Waals surface area contributed by atoms with E-state index >= 15 is 0 Å². The minimum Gasteiger partial charge on any atom is -0.480 e. The molecule has 0 aliphatic carbocycles. The van der Waals surface area contributed by atoms with Crippen molar-refractivity contribution in [3.8, 4) is 0 Å². The van der Waals surface area contributed by atoms with Crippen LogP contribution >= 0.6 is 0 Å². The first-order valence-corrected chi connectivity index (χ1v) is 10.2. The van der Waals surface area contributed by atoms with Gasteiger partial charge in [-0.2, -0.15) is 0 Å². The molecule has 0 unspecified atom stereocenters. The standard InChI is InChI=1S/C19H34N4O7/c1-2-3-18(26)12-20-4-5-21(13-19(27)28)7-9-23(15-30-17-25)11-10-22(8-6-20)14-29-16-24/h16-17H,2-15H2,1H3,(H,27,28). The van der Waals surface area contributed by atoms with E-state index in [1.54, 1.807) is 0 Å². The topological polar surface area (TPSA) is 120 Å². The first-order valence-electron chi connectivity index (χ1n) is 10.2. The van der Waals surface area contributed by atoms with Crippen LogP contribution in [0.4, 0.5) is 0 Å². The van der Waals surface area contributed by atoms with E-state index in [1.807, 2.05) is 26.5 Å². The van der Waals surface area contributed by atoms with Crippen molar-refractivity contribution in [3.05, 3.63) is 0 Å². The smallest absolute Gasteiger partial charge is 0.317 e. The molecule has 1 heterocycles. The number of nitrogens with zero attached hydrogens (tertiary/aromatic N) is 4. The van der Waals surface area contributed by atoms with Crippen LogP contribution in [0.25, 0.3) is 0 Å². The molecule has 1 aliphatic rings. The van der Waals surface area contributed by atoms with Gasteiger partial charge in [0, 0.05) is 58.8 Å². The van der Waals surface area contributed by atoms with E-state index in [2.05, 4.69) is 0 Å². The average Bonchev–Trinajstić information content (AvgIpc) is 2.70. The highest BCUT2D eigenvalue weighted by atomic mass is 16.5. The number of ether oxygens (including phenoxy) is 2. The Morgan fingerprint density at radius 1 is 0.767 bits per heavy atom. The quantitative estimate of drug-likeness (QED) is 0.381. The zero-order valence-corrected chi connectivity index (χ0v) is 17.7. The molecular weight excluding hydrogens is 396 g/mol. The first-order chi connectivity index (χ1) is 14.5. The molecule has 1 N–H and O–H groups in total. The summed E-state index contributed by atoms with van der Waals surface area (Å²) in [6.07, 6.45) is 1.30. The molecule has 1 saturated heterocycles. The summed E-state index contributed by atoms with van der Waals surface area (Å²) in [4.78, 5) is 52.3. The van der Waals surface area contributed by atoms with Crippen molar-refractivity contribution in [1.82, 2.24) is 19.6 Å². The maximum Gasteiger partial charge on any atom is 0.317 e. The average molecular weight is 431 g/mol. The normalized spacial score (nSPS) is 18.7. The van der Waals surface area contributed by atoms with Gasteiger partial charge in [-0.1, -0.05) is 6.92 Å². The van der Waals surface area contributed by atoms with Gasteiger partial charge in [0.15, 0.2) is 0 Å². The first kappa shape index (κ1) is 26.0. The second-order valence-corrected chi connectivity index (χ2v) is 7.25. The lowest BCUT2D eigenvalue weighted by Crippen LogP contribution is -2.48. The summed E-state index contributed by atoms with van der Waals surface area (Å²) >= 11 is 0. The zero-order chi connectivity index (χ0) is 22.2. The van der Waals surface area contributed by atoms with Gasteiger partial charge in [0.1, 0.15) is 19.2 Å². The van der Waals surface area contributed by atoms with Crippen LogP contribution in [0.15, 0.2) is 0 Å². The van der Waals surface area contributed by atoms with E-state index in [4.69, 9.17) is 9.47 Å². The third-order valence-electron chi connectivity index (χ3n) is 4.87. The Labute approximate surface area is 177 Å². The summed E-state index contributed by atoms with van der Waals surface area (Å²) in [6.45, 7) is 7.51. The zero-order valence-electron chi connectivity index (χ0n) is 17.7. The number of hydrogen-bond donors (Lipinski definition) is 1. The second-order valence-electron chi connectivity index (χ2n) is 7.25. The van der Waals surface area contributed by atoms with Gasteiger partial charge < -0.3 is 14.6 Å². The Hall–Kier alpha value is -2.08. The van der Waals surface area contributed by atoms with Gasteiger partial charge in [0.05, 0.1) is 13.1 Å². The lowest BCUT2D eigenvalue weighted by Gasteiger charge is -2.33. The molecule has 0 saturated carbocycles. The number of hydrogen-bond acceptors (Lipinski definition) is 10. The molecule has 0 aromatic heterocycles. The molecule has 30 heavy (non-hydrogen) atoms. The molecule has 1 fully saturated rings. The van der Waals surface area contributed by atoms with Crippen LogP contribution in [-0.2, 0) is 28.7 Å². The molecule has 0 bridgehead atoms. The summed E-state index contributed by atoms with van der Waals surface area (Å²) < 4.78 is 9.78. The van der Waals surface area contributed by atoms with E-state index in [9.17, 15) is 24.3 Å². The number of carbonyl (C=O) groups is 4. The fraction of sp³-hybridized carbons (Fsp3) is 0.789. The summed E-state index contributed by atoms with van der Waals surface area (Å²) in [6, 6.07) is 0. The van der Waals surface area contributed by atoms with Gasteiger partial charge >= 0.3 is 5.97 Å². The predicted molar refractivity (Wildman–Crippen MR) is 108 cm³/mol. The number of carboxylic acids is 1. The lowest BCUT2D eigenvalue weighted by molar-refractivity contribution is -0.139. The van der Waals surface area contributed by atoms with Crippen LogP contribution in [-0.4, -0.2) is 128 Å². The Balaban J connectivity index is 2.86. The van der Waals surface area contributed by atoms with E-state index < -0.39 is 5.97 Å². The maximum atomic E-state index is 12.2. The van der Waals surface area contributed by atoms with Gasteiger partial charge in [0.25, 0.3) is 12.9 Å². The monoisotopic (exact) mass is 430 g/mol. The highest BCUT2D eigenvalue weighted by molar-refractivity contribution is 5.80. The minimum atomic E-state index is -0.913. The van der Waals surface area contributed by atoms with Crippen molar-refractivity contribution in [2.24, 2.45) is 0 Å².